The molecule has 6 nitrogen and oxygen atoms in total. The normalized spacial score (nSPS) is 14.9. The summed E-state index contributed by atoms with van der Waals surface area (Å²) in [7, 11) is 1.66. The number of morpholine rings is 1. The smallest absolute Gasteiger partial charge is 0.220 e. The average molecular weight is 516 g/mol. The van der Waals surface area contributed by atoms with Gasteiger partial charge in [0.2, 0.25) is 5.91 Å². The second-order valence-corrected chi connectivity index (χ2v) is 9.66. The minimum atomic E-state index is -0.248. The molecule has 0 saturated carbocycles. The molecule has 3 aromatic carbocycles. The Hall–Kier alpha value is -3.68. The van der Waals surface area contributed by atoms with Gasteiger partial charge in [0.05, 0.1) is 20.3 Å². The zero-order chi connectivity index (χ0) is 26.3. The van der Waals surface area contributed by atoms with Crippen LogP contribution in [0.3, 0.4) is 0 Å². The highest BCUT2D eigenvalue weighted by Gasteiger charge is 2.25. The summed E-state index contributed by atoms with van der Waals surface area (Å²) in [6, 6.07) is 22.7. The van der Waals surface area contributed by atoms with Crippen molar-refractivity contribution >= 4 is 16.8 Å². The Morgan fingerprint density at radius 3 is 2.53 bits per heavy atom. The molecule has 4 aromatic rings. The first kappa shape index (κ1) is 25.9. The number of nitrogens with one attached hydrogen (secondary N) is 1. The zero-order valence-corrected chi connectivity index (χ0v) is 21.7. The molecule has 1 amide bonds. The molecule has 0 bridgehead atoms. The van der Waals surface area contributed by atoms with Crippen molar-refractivity contribution in [3.8, 4) is 5.75 Å². The quantitative estimate of drug-likeness (QED) is 0.330. The number of hydrogen-bond donors (Lipinski definition) is 1. The third-order valence-electron chi connectivity index (χ3n) is 7.22. The van der Waals surface area contributed by atoms with E-state index in [1.54, 1.807) is 7.11 Å². The van der Waals surface area contributed by atoms with Gasteiger partial charge in [0.1, 0.15) is 11.6 Å². The predicted octanol–water partition coefficient (Wildman–Crippen LogP) is 4.81. The number of fused-ring (bicyclic) bond motifs is 1. The van der Waals surface area contributed by atoms with E-state index in [2.05, 4.69) is 33.1 Å². The summed E-state index contributed by atoms with van der Waals surface area (Å²) in [5.41, 5.74) is 4.12. The van der Waals surface area contributed by atoms with E-state index in [1.165, 1.54) is 12.1 Å². The topological polar surface area (TPSA) is 55.7 Å². The molecule has 7 heteroatoms. The summed E-state index contributed by atoms with van der Waals surface area (Å²) in [5.74, 6) is 0.315. The van der Waals surface area contributed by atoms with Crippen LogP contribution in [0.25, 0.3) is 10.9 Å². The minimum Gasteiger partial charge on any atom is -0.496 e. The van der Waals surface area contributed by atoms with Gasteiger partial charge in [-0.3, -0.25) is 9.69 Å². The highest BCUT2D eigenvalue weighted by atomic mass is 19.1. The maximum atomic E-state index is 13.5. The van der Waals surface area contributed by atoms with E-state index >= 15 is 0 Å². The van der Waals surface area contributed by atoms with Gasteiger partial charge in [-0.1, -0.05) is 48.5 Å². The van der Waals surface area contributed by atoms with Gasteiger partial charge in [-0.15, -0.1) is 0 Å². The van der Waals surface area contributed by atoms with Crippen molar-refractivity contribution in [3.63, 3.8) is 0 Å². The third-order valence-corrected chi connectivity index (χ3v) is 7.22. The molecular formula is C31H34FN3O3. The molecule has 0 unspecified atom stereocenters. The van der Waals surface area contributed by atoms with Crippen LogP contribution in [0, 0.1) is 5.82 Å². The Kier molecular flexibility index (Phi) is 8.36. The standard InChI is InChI=1S/C31H34FN3O3/c1-37-30-9-5-3-7-26(30)27(20-31(36)33-14-15-34-16-18-38-19-17-34)28-22-35(29-8-4-2-6-25(28)29)21-23-10-12-24(32)13-11-23/h2-13,22,27H,14-21H2,1H3,(H,33,36)/t27-/m1/s1. The van der Waals surface area contributed by atoms with Crippen LogP contribution >= 0.6 is 0 Å². The number of halogens is 1. The van der Waals surface area contributed by atoms with Crippen molar-refractivity contribution in [1.29, 1.82) is 0 Å². The van der Waals surface area contributed by atoms with Crippen LogP contribution < -0.4 is 10.1 Å². The Labute approximate surface area is 223 Å². The van der Waals surface area contributed by atoms with Gasteiger partial charge in [-0.2, -0.15) is 0 Å². The molecule has 1 atom stereocenters. The number of ether oxygens (including phenoxy) is 2. The van der Waals surface area contributed by atoms with Crippen LogP contribution in [-0.2, 0) is 16.1 Å². The van der Waals surface area contributed by atoms with Gasteiger partial charge in [0.15, 0.2) is 0 Å². The molecule has 1 aliphatic heterocycles. The van der Waals surface area contributed by atoms with Gasteiger partial charge in [0, 0.05) is 67.7 Å². The molecule has 1 saturated heterocycles. The first-order valence-corrected chi connectivity index (χ1v) is 13.1. The summed E-state index contributed by atoms with van der Waals surface area (Å²) >= 11 is 0. The number of aromatic nitrogens is 1. The molecule has 1 aliphatic rings. The van der Waals surface area contributed by atoms with E-state index in [1.807, 2.05) is 48.5 Å². The molecule has 1 N–H and O–H groups in total. The molecule has 1 fully saturated rings. The number of rotatable bonds is 10. The summed E-state index contributed by atoms with van der Waals surface area (Å²) in [6.07, 6.45) is 2.43. The lowest BCUT2D eigenvalue weighted by atomic mass is 9.87. The van der Waals surface area contributed by atoms with Crippen molar-refractivity contribution < 1.29 is 18.7 Å². The Bertz CT molecular complexity index is 1360. The lowest BCUT2D eigenvalue weighted by Crippen LogP contribution is -2.41. The maximum Gasteiger partial charge on any atom is 0.220 e. The van der Waals surface area contributed by atoms with E-state index in [4.69, 9.17) is 9.47 Å². The average Bonchev–Trinajstić information content (AvgIpc) is 3.31. The van der Waals surface area contributed by atoms with Crippen LogP contribution in [0.5, 0.6) is 5.75 Å². The fraction of sp³-hybridized carbons (Fsp3) is 0.323. The van der Waals surface area contributed by atoms with E-state index in [0.717, 1.165) is 66.2 Å². The highest BCUT2D eigenvalue weighted by molar-refractivity contribution is 5.87. The third kappa shape index (κ3) is 6.06. The Balaban J connectivity index is 1.44. The van der Waals surface area contributed by atoms with Gasteiger partial charge < -0.3 is 19.4 Å². The number of amides is 1. The van der Waals surface area contributed by atoms with Crippen LogP contribution in [-0.4, -0.2) is 61.9 Å². The number of carbonyl (C=O) groups is 1. The molecule has 0 radical (unpaired) electrons. The van der Waals surface area contributed by atoms with Gasteiger partial charge in [-0.05, 0) is 35.4 Å². The van der Waals surface area contributed by atoms with Gasteiger partial charge in [-0.25, -0.2) is 4.39 Å². The largest absolute Gasteiger partial charge is 0.496 e. The molecule has 1 aromatic heterocycles. The minimum absolute atomic E-state index is 0.00420. The molecule has 5 rings (SSSR count). The number of hydrogen-bond acceptors (Lipinski definition) is 4. The first-order valence-electron chi connectivity index (χ1n) is 13.1. The number of para-hydroxylation sites is 2. The van der Waals surface area contributed by atoms with Gasteiger partial charge in [0.25, 0.3) is 0 Å². The van der Waals surface area contributed by atoms with Crippen molar-refractivity contribution in [1.82, 2.24) is 14.8 Å². The van der Waals surface area contributed by atoms with Crippen LogP contribution in [0.4, 0.5) is 4.39 Å². The van der Waals surface area contributed by atoms with Crippen LogP contribution in [0.15, 0.2) is 79.0 Å². The first-order chi connectivity index (χ1) is 18.6. The van der Waals surface area contributed by atoms with E-state index in [-0.39, 0.29) is 17.6 Å². The molecular weight excluding hydrogens is 481 g/mol. The number of benzene rings is 3. The Morgan fingerprint density at radius 2 is 1.74 bits per heavy atom. The SMILES string of the molecule is COc1ccccc1[C@@H](CC(=O)NCCN1CCOCC1)c1cn(Cc2ccc(F)cc2)c2ccccc12. The molecule has 2 heterocycles. The Morgan fingerprint density at radius 1 is 1.00 bits per heavy atom. The van der Waals surface area contributed by atoms with Gasteiger partial charge >= 0.3 is 0 Å². The van der Waals surface area contributed by atoms with Crippen molar-refractivity contribution in [2.75, 3.05) is 46.5 Å². The summed E-state index contributed by atoms with van der Waals surface area (Å²) in [4.78, 5) is 15.6. The molecule has 198 valence electrons. The molecule has 0 aliphatic carbocycles. The van der Waals surface area contributed by atoms with E-state index in [9.17, 15) is 9.18 Å². The van der Waals surface area contributed by atoms with Crippen molar-refractivity contribution in [2.45, 2.75) is 18.9 Å². The predicted molar refractivity (Wildman–Crippen MR) is 147 cm³/mol. The lowest BCUT2D eigenvalue weighted by Gasteiger charge is -2.26. The fourth-order valence-electron chi connectivity index (χ4n) is 5.25. The second-order valence-electron chi connectivity index (χ2n) is 9.66. The highest BCUT2D eigenvalue weighted by Crippen LogP contribution is 2.38. The summed E-state index contributed by atoms with van der Waals surface area (Å²) in [6.45, 7) is 5.29. The fourth-order valence-corrected chi connectivity index (χ4v) is 5.25. The number of methoxy groups -OCH3 is 1. The van der Waals surface area contributed by atoms with Crippen LogP contribution in [0.2, 0.25) is 0 Å². The maximum absolute atomic E-state index is 13.5. The zero-order valence-electron chi connectivity index (χ0n) is 21.7. The van der Waals surface area contributed by atoms with Crippen molar-refractivity contribution in [2.24, 2.45) is 0 Å². The summed E-state index contributed by atoms with van der Waals surface area (Å²) < 4.78 is 26.8. The van der Waals surface area contributed by atoms with Crippen molar-refractivity contribution in [3.05, 3.63) is 102 Å². The molecule has 38 heavy (non-hydrogen) atoms. The van der Waals surface area contributed by atoms with E-state index in [0.29, 0.717) is 19.5 Å². The number of nitrogens with zero attached hydrogens (tertiary/aromatic N) is 2. The van der Waals surface area contributed by atoms with Crippen LogP contribution in [0.1, 0.15) is 29.0 Å². The summed E-state index contributed by atoms with van der Waals surface area (Å²) in [5, 5.41) is 4.22. The van der Waals surface area contributed by atoms with E-state index < -0.39 is 0 Å². The second kappa shape index (κ2) is 12.2. The number of carbonyl (C=O) groups excluding carboxylic acids is 1. The molecule has 0 spiro atoms. The lowest BCUT2D eigenvalue weighted by molar-refractivity contribution is -0.121. The monoisotopic (exact) mass is 515 g/mol.